The Bertz CT molecular complexity index is 682. The summed E-state index contributed by atoms with van der Waals surface area (Å²) in [6, 6.07) is 6.75. The van der Waals surface area contributed by atoms with Crippen molar-refractivity contribution >= 4 is 23.5 Å². The first-order valence-electron chi connectivity index (χ1n) is 9.81. The van der Waals surface area contributed by atoms with Gasteiger partial charge in [-0.3, -0.25) is 4.79 Å². The third-order valence-electron chi connectivity index (χ3n) is 6.25. The van der Waals surface area contributed by atoms with Gasteiger partial charge < -0.3 is 14.8 Å². The normalized spacial score (nSPS) is 32.0. The average Bonchev–Trinajstić information content (AvgIpc) is 2.60. The number of benzene rings is 1. The maximum Gasteiger partial charge on any atom is 0.347 e. The van der Waals surface area contributed by atoms with Gasteiger partial charge in [0.05, 0.1) is 0 Å². The summed E-state index contributed by atoms with van der Waals surface area (Å²) < 4.78 is 10.7. The number of rotatable bonds is 6. The molecule has 1 N–H and O–H groups in total. The van der Waals surface area contributed by atoms with Crippen molar-refractivity contribution in [3.8, 4) is 5.75 Å². The number of carbonyl (C=O) groups is 2. The summed E-state index contributed by atoms with van der Waals surface area (Å²) in [6.45, 7) is 1.35. The zero-order valence-electron chi connectivity index (χ0n) is 15.6. The maximum atomic E-state index is 12.4. The van der Waals surface area contributed by atoms with Crippen LogP contribution < -0.4 is 10.1 Å². The Labute approximate surface area is 164 Å². The molecule has 1 atom stereocenters. The van der Waals surface area contributed by atoms with E-state index in [1.54, 1.807) is 31.2 Å². The number of hydrogen-bond acceptors (Lipinski definition) is 4. The van der Waals surface area contributed by atoms with Crippen LogP contribution in [0, 0.1) is 17.8 Å². The van der Waals surface area contributed by atoms with Crippen LogP contribution in [0.2, 0.25) is 5.02 Å². The highest BCUT2D eigenvalue weighted by atomic mass is 35.5. The molecule has 1 aromatic rings. The molecule has 5 nitrogen and oxygen atoms in total. The zero-order valence-corrected chi connectivity index (χ0v) is 16.3. The molecule has 4 bridgehead atoms. The van der Waals surface area contributed by atoms with Gasteiger partial charge in [0, 0.05) is 10.6 Å². The van der Waals surface area contributed by atoms with Gasteiger partial charge in [0.1, 0.15) is 5.75 Å². The lowest BCUT2D eigenvalue weighted by molar-refractivity contribution is -0.155. The Morgan fingerprint density at radius 2 is 1.67 bits per heavy atom. The van der Waals surface area contributed by atoms with Gasteiger partial charge in [0.2, 0.25) is 0 Å². The first-order chi connectivity index (χ1) is 12.9. The quantitative estimate of drug-likeness (QED) is 0.750. The first kappa shape index (κ1) is 18.6. The van der Waals surface area contributed by atoms with Crippen molar-refractivity contribution in [1.82, 2.24) is 5.32 Å². The molecule has 0 saturated heterocycles. The van der Waals surface area contributed by atoms with E-state index in [0.29, 0.717) is 10.8 Å². The summed E-state index contributed by atoms with van der Waals surface area (Å²) in [7, 11) is 0. The van der Waals surface area contributed by atoms with Crippen molar-refractivity contribution < 1.29 is 19.1 Å². The SMILES string of the molecule is C[C@@H](Oc1ccc(Cl)cc1)C(=O)OCC(=O)NC12CC3CC(CC(C3)C1)C2. The molecule has 1 aromatic carbocycles. The van der Waals surface area contributed by atoms with Crippen LogP contribution in [0.1, 0.15) is 45.4 Å². The number of esters is 1. The second kappa shape index (κ2) is 7.34. The predicted molar refractivity (Wildman–Crippen MR) is 102 cm³/mol. The number of halogens is 1. The third kappa shape index (κ3) is 4.23. The molecule has 0 aliphatic heterocycles. The van der Waals surface area contributed by atoms with Crippen LogP contribution in [-0.2, 0) is 14.3 Å². The van der Waals surface area contributed by atoms with Crippen molar-refractivity contribution in [2.24, 2.45) is 17.8 Å². The summed E-state index contributed by atoms with van der Waals surface area (Å²) in [5.74, 6) is 2.04. The van der Waals surface area contributed by atoms with E-state index < -0.39 is 12.1 Å². The molecule has 6 heteroatoms. The van der Waals surface area contributed by atoms with Crippen LogP contribution in [0.3, 0.4) is 0 Å². The molecule has 4 fully saturated rings. The largest absolute Gasteiger partial charge is 0.479 e. The first-order valence-corrected chi connectivity index (χ1v) is 10.2. The minimum absolute atomic E-state index is 0.0658. The van der Waals surface area contributed by atoms with Gasteiger partial charge >= 0.3 is 5.97 Å². The van der Waals surface area contributed by atoms with E-state index >= 15 is 0 Å². The van der Waals surface area contributed by atoms with Crippen molar-refractivity contribution in [3.05, 3.63) is 29.3 Å². The molecule has 0 unspecified atom stereocenters. The van der Waals surface area contributed by atoms with Gasteiger partial charge in [-0.1, -0.05) is 11.6 Å². The van der Waals surface area contributed by atoms with Gasteiger partial charge in [-0.2, -0.15) is 0 Å². The van der Waals surface area contributed by atoms with Crippen LogP contribution in [-0.4, -0.2) is 30.1 Å². The fourth-order valence-electron chi connectivity index (χ4n) is 5.62. The lowest BCUT2D eigenvalue weighted by Crippen LogP contribution is -2.60. The molecular weight excluding hydrogens is 366 g/mol. The fraction of sp³-hybridized carbons (Fsp3) is 0.619. The topological polar surface area (TPSA) is 64.6 Å². The van der Waals surface area contributed by atoms with Crippen LogP contribution in [0.4, 0.5) is 0 Å². The summed E-state index contributed by atoms with van der Waals surface area (Å²) in [4.78, 5) is 24.5. The number of nitrogens with one attached hydrogen (secondary N) is 1. The zero-order chi connectivity index (χ0) is 19.0. The Kier molecular flexibility index (Phi) is 5.06. The molecule has 0 heterocycles. The van der Waals surface area contributed by atoms with Gasteiger partial charge in [-0.05, 0) is 87.5 Å². The molecule has 146 valence electrons. The maximum absolute atomic E-state index is 12.4. The minimum atomic E-state index is -0.793. The van der Waals surface area contributed by atoms with Crippen LogP contribution in [0.25, 0.3) is 0 Å². The fourth-order valence-corrected chi connectivity index (χ4v) is 5.74. The van der Waals surface area contributed by atoms with Crippen molar-refractivity contribution in [2.75, 3.05) is 6.61 Å². The monoisotopic (exact) mass is 391 g/mol. The van der Waals surface area contributed by atoms with Crippen molar-refractivity contribution in [3.63, 3.8) is 0 Å². The van der Waals surface area contributed by atoms with Crippen molar-refractivity contribution in [2.45, 2.75) is 57.1 Å². The number of amides is 1. The van der Waals surface area contributed by atoms with E-state index in [9.17, 15) is 9.59 Å². The summed E-state index contributed by atoms with van der Waals surface area (Å²) in [6.07, 6.45) is 6.41. The Hall–Kier alpha value is -1.75. The Morgan fingerprint density at radius 3 is 2.22 bits per heavy atom. The molecule has 1 amide bonds. The summed E-state index contributed by atoms with van der Waals surface area (Å²) >= 11 is 5.83. The minimum Gasteiger partial charge on any atom is -0.479 e. The van der Waals surface area contributed by atoms with Crippen LogP contribution in [0.5, 0.6) is 5.75 Å². The van der Waals surface area contributed by atoms with E-state index in [1.165, 1.54) is 19.3 Å². The van der Waals surface area contributed by atoms with Crippen molar-refractivity contribution in [1.29, 1.82) is 0 Å². The summed E-state index contributed by atoms with van der Waals surface area (Å²) in [5.41, 5.74) is -0.0658. The highest BCUT2D eigenvalue weighted by molar-refractivity contribution is 6.30. The van der Waals surface area contributed by atoms with E-state index in [0.717, 1.165) is 37.0 Å². The third-order valence-corrected chi connectivity index (χ3v) is 6.50. The second-order valence-corrected chi connectivity index (χ2v) is 9.00. The lowest BCUT2D eigenvalue weighted by atomic mass is 9.53. The average molecular weight is 392 g/mol. The van der Waals surface area contributed by atoms with Gasteiger partial charge in [-0.25, -0.2) is 4.79 Å². The highest BCUT2D eigenvalue weighted by Crippen LogP contribution is 2.55. The highest BCUT2D eigenvalue weighted by Gasteiger charge is 2.51. The Balaban J connectivity index is 1.25. The van der Waals surface area contributed by atoms with Gasteiger partial charge in [0.25, 0.3) is 5.91 Å². The smallest absolute Gasteiger partial charge is 0.347 e. The van der Waals surface area contributed by atoms with Gasteiger partial charge in [-0.15, -0.1) is 0 Å². The molecular formula is C21H26ClNO4. The number of carbonyl (C=O) groups excluding carboxylic acids is 2. The van der Waals surface area contributed by atoms with E-state index in [2.05, 4.69) is 5.32 Å². The van der Waals surface area contributed by atoms with E-state index in [4.69, 9.17) is 21.1 Å². The summed E-state index contributed by atoms with van der Waals surface area (Å²) in [5, 5.41) is 3.80. The molecule has 4 aliphatic carbocycles. The molecule has 0 aromatic heterocycles. The molecule has 4 saturated carbocycles. The molecule has 0 radical (unpaired) electrons. The standard InChI is InChI=1S/C21H26ClNO4/c1-13(27-18-4-2-17(22)3-5-18)20(25)26-12-19(24)23-21-9-14-6-15(10-21)8-16(7-14)11-21/h2-5,13-16H,6-12H2,1H3,(H,23,24)/t13-,14?,15?,16?,21?/m1/s1. The van der Waals surface area contributed by atoms with Gasteiger partial charge in [0.15, 0.2) is 12.7 Å². The second-order valence-electron chi connectivity index (χ2n) is 8.57. The van der Waals surface area contributed by atoms with E-state index in [-0.39, 0.29) is 18.1 Å². The molecule has 5 rings (SSSR count). The van der Waals surface area contributed by atoms with E-state index in [1.807, 2.05) is 0 Å². The molecule has 0 spiro atoms. The molecule has 27 heavy (non-hydrogen) atoms. The van der Waals surface area contributed by atoms with Crippen LogP contribution in [0.15, 0.2) is 24.3 Å². The predicted octanol–water partition coefficient (Wildman–Crippen LogP) is 3.74. The van der Waals surface area contributed by atoms with Crippen LogP contribution >= 0.6 is 11.6 Å². The Morgan fingerprint density at radius 1 is 1.11 bits per heavy atom. The lowest BCUT2D eigenvalue weighted by Gasteiger charge is -2.56. The molecule has 4 aliphatic rings. The number of ether oxygens (including phenoxy) is 2. The number of hydrogen-bond donors (Lipinski definition) is 1.